The molecule has 0 aromatic carbocycles. The van der Waals surface area contributed by atoms with Gasteiger partial charge in [0.25, 0.3) is 0 Å². The van der Waals surface area contributed by atoms with Gasteiger partial charge in [-0.25, -0.2) is 13.1 Å². The average Bonchev–Trinajstić information content (AvgIpc) is 2.42. The molecule has 0 amide bonds. The standard InChI is InChI=1S/C9H15BrN2O2S2/c1-6-7(4-8(10)15-6)16(13,14)12-5-9(2,3)11/h4,12H,5,11H2,1-3H3. The first-order valence-corrected chi connectivity index (χ1v) is 7.75. The molecule has 4 nitrogen and oxygen atoms in total. The van der Waals surface area contributed by atoms with Gasteiger partial charge < -0.3 is 5.73 Å². The zero-order chi connectivity index (χ0) is 12.6. The van der Waals surface area contributed by atoms with Gasteiger partial charge in [-0.15, -0.1) is 11.3 Å². The molecular formula is C9H15BrN2O2S2. The average molecular weight is 327 g/mol. The van der Waals surface area contributed by atoms with E-state index in [-0.39, 0.29) is 6.54 Å². The summed E-state index contributed by atoms with van der Waals surface area (Å²) in [5, 5.41) is 0. The van der Waals surface area contributed by atoms with Crippen LogP contribution in [-0.2, 0) is 10.0 Å². The summed E-state index contributed by atoms with van der Waals surface area (Å²) in [5.74, 6) is 0. The molecule has 3 N–H and O–H groups in total. The third kappa shape index (κ3) is 3.81. The first kappa shape index (κ1) is 14.1. The molecule has 0 atom stereocenters. The minimum Gasteiger partial charge on any atom is -0.324 e. The smallest absolute Gasteiger partial charge is 0.241 e. The van der Waals surface area contributed by atoms with Gasteiger partial charge in [0, 0.05) is 17.0 Å². The third-order valence-corrected chi connectivity index (χ3v) is 5.06. The number of sulfonamides is 1. The lowest BCUT2D eigenvalue weighted by atomic mass is 10.1. The highest BCUT2D eigenvalue weighted by Gasteiger charge is 2.22. The fourth-order valence-corrected chi connectivity index (χ4v) is 4.69. The molecule has 1 aromatic rings. The van der Waals surface area contributed by atoms with Crippen molar-refractivity contribution in [3.8, 4) is 0 Å². The Balaban J connectivity index is 2.91. The van der Waals surface area contributed by atoms with Crippen LogP contribution in [0.25, 0.3) is 0 Å². The van der Waals surface area contributed by atoms with Crippen molar-refractivity contribution in [1.29, 1.82) is 0 Å². The normalized spacial score (nSPS) is 13.1. The van der Waals surface area contributed by atoms with E-state index < -0.39 is 15.6 Å². The molecule has 0 unspecified atom stereocenters. The Morgan fingerprint density at radius 3 is 2.50 bits per heavy atom. The number of nitrogens with two attached hydrogens (primary N) is 1. The fraction of sp³-hybridized carbons (Fsp3) is 0.556. The molecule has 1 aromatic heterocycles. The minimum absolute atomic E-state index is 0.211. The van der Waals surface area contributed by atoms with Gasteiger partial charge >= 0.3 is 0 Å². The van der Waals surface area contributed by atoms with Crippen LogP contribution in [0.3, 0.4) is 0 Å². The van der Waals surface area contributed by atoms with Gasteiger partial charge in [-0.3, -0.25) is 0 Å². The zero-order valence-electron chi connectivity index (χ0n) is 9.37. The first-order valence-electron chi connectivity index (χ1n) is 4.66. The predicted octanol–water partition coefficient (Wildman–Crippen LogP) is 1.83. The van der Waals surface area contributed by atoms with E-state index in [2.05, 4.69) is 20.7 Å². The van der Waals surface area contributed by atoms with Crippen LogP contribution in [0.1, 0.15) is 18.7 Å². The monoisotopic (exact) mass is 326 g/mol. The van der Waals surface area contributed by atoms with Gasteiger partial charge in [0.15, 0.2) is 0 Å². The first-order chi connectivity index (χ1) is 7.12. The summed E-state index contributed by atoms with van der Waals surface area (Å²) in [6, 6.07) is 1.60. The molecule has 0 aliphatic carbocycles. The van der Waals surface area contributed by atoms with Gasteiger partial charge in [-0.05, 0) is 42.8 Å². The Morgan fingerprint density at radius 2 is 2.12 bits per heavy atom. The molecule has 7 heteroatoms. The summed E-state index contributed by atoms with van der Waals surface area (Å²) in [6.07, 6.45) is 0. The van der Waals surface area contributed by atoms with E-state index in [0.717, 1.165) is 8.66 Å². The molecule has 0 radical (unpaired) electrons. The Hall–Kier alpha value is 0.0500. The van der Waals surface area contributed by atoms with Crippen molar-refractivity contribution in [3.05, 3.63) is 14.7 Å². The molecule has 1 rings (SSSR count). The largest absolute Gasteiger partial charge is 0.324 e. The van der Waals surface area contributed by atoms with Crippen LogP contribution in [0.2, 0.25) is 0 Å². The number of nitrogens with one attached hydrogen (secondary N) is 1. The summed E-state index contributed by atoms with van der Waals surface area (Å²) in [6.45, 7) is 5.53. The summed E-state index contributed by atoms with van der Waals surface area (Å²) in [4.78, 5) is 1.07. The Kier molecular flexibility index (Phi) is 4.18. The molecule has 0 saturated heterocycles. The molecule has 0 spiro atoms. The molecular weight excluding hydrogens is 312 g/mol. The summed E-state index contributed by atoms with van der Waals surface area (Å²) >= 11 is 4.66. The quantitative estimate of drug-likeness (QED) is 0.886. The van der Waals surface area contributed by atoms with Crippen molar-refractivity contribution in [2.45, 2.75) is 31.2 Å². The van der Waals surface area contributed by atoms with E-state index >= 15 is 0 Å². The summed E-state index contributed by atoms with van der Waals surface area (Å²) in [5.41, 5.74) is 5.17. The van der Waals surface area contributed by atoms with Gasteiger partial charge in [0.2, 0.25) is 10.0 Å². The maximum absolute atomic E-state index is 11.9. The van der Waals surface area contributed by atoms with Crippen LogP contribution >= 0.6 is 27.3 Å². The third-order valence-electron chi connectivity index (χ3n) is 1.85. The van der Waals surface area contributed by atoms with E-state index in [4.69, 9.17) is 5.73 Å². The van der Waals surface area contributed by atoms with Crippen LogP contribution in [0.15, 0.2) is 14.7 Å². The van der Waals surface area contributed by atoms with Gasteiger partial charge in [-0.2, -0.15) is 0 Å². The highest BCUT2D eigenvalue weighted by molar-refractivity contribution is 9.11. The van der Waals surface area contributed by atoms with Crippen molar-refractivity contribution in [2.75, 3.05) is 6.54 Å². The molecule has 0 saturated carbocycles. The maximum atomic E-state index is 11.9. The second kappa shape index (κ2) is 4.73. The van der Waals surface area contributed by atoms with Gasteiger partial charge in [-0.1, -0.05) is 0 Å². The van der Waals surface area contributed by atoms with Crippen molar-refractivity contribution < 1.29 is 8.42 Å². The van der Waals surface area contributed by atoms with Crippen LogP contribution in [-0.4, -0.2) is 20.5 Å². The predicted molar refractivity (Wildman–Crippen MR) is 70.2 cm³/mol. The van der Waals surface area contributed by atoms with Crippen molar-refractivity contribution in [2.24, 2.45) is 5.73 Å². The lowest BCUT2D eigenvalue weighted by Crippen LogP contribution is -2.45. The van der Waals surface area contributed by atoms with Crippen molar-refractivity contribution in [1.82, 2.24) is 4.72 Å². The molecule has 92 valence electrons. The van der Waals surface area contributed by atoms with E-state index in [1.54, 1.807) is 26.8 Å². The Morgan fingerprint density at radius 1 is 1.56 bits per heavy atom. The highest BCUT2D eigenvalue weighted by atomic mass is 79.9. The van der Waals surface area contributed by atoms with Gasteiger partial charge in [0.1, 0.15) is 0 Å². The van der Waals surface area contributed by atoms with Crippen LogP contribution in [0, 0.1) is 6.92 Å². The van der Waals surface area contributed by atoms with Crippen molar-refractivity contribution >= 4 is 37.3 Å². The molecule has 0 aliphatic heterocycles. The van der Waals surface area contributed by atoms with E-state index in [1.165, 1.54) is 11.3 Å². The number of aryl methyl sites for hydroxylation is 1. The number of hydrogen-bond donors (Lipinski definition) is 2. The van der Waals surface area contributed by atoms with Crippen LogP contribution in [0.5, 0.6) is 0 Å². The molecule has 0 bridgehead atoms. The summed E-state index contributed by atoms with van der Waals surface area (Å²) in [7, 11) is -3.45. The lowest BCUT2D eigenvalue weighted by Gasteiger charge is -2.18. The molecule has 16 heavy (non-hydrogen) atoms. The van der Waals surface area contributed by atoms with Crippen LogP contribution in [0.4, 0.5) is 0 Å². The number of halogens is 1. The molecule has 0 fully saturated rings. The molecule has 0 aliphatic rings. The number of thiophene rings is 1. The minimum atomic E-state index is -3.45. The molecule has 1 heterocycles. The zero-order valence-corrected chi connectivity index (χ0v) is 12.6. The Bertz CT molecular complexity index is 474. The lowest BCUT2D eigenvalue weighted by molar-refractivity contribution is 0.498. The topological polar surface area (TPSA) is 72.2 Å². The van der Waals surface area contributed by atoms with Crippen LogP contribution < -0.4 is 10.5 Å². The van der Waals surface area contributed by atoms with Crippen molar-refractivity contribution in [3.63, 3.8) is 0 Å². The second-order valence-corrected chi connectivity index (χ2v) is 8.66. The number of hydrogen-bond acceptors (Lipinski definition) is 4. The van der Waals surface area contributed by atoms with E-state index in [9.17, 15) is 8.42 Å². The van der Waals surface area contributed by atoms with E-state index in [0.29, 0.717) is 4.90 Å². The summed E-state index contributed by atoms with van der Waals surface area (Å²) < 4.78 is 27.2. The van der Waals surface area contributed by atoms with E-state index in [1.807, 2.05) is 0 Å². The maximum Gasteiger partial charge on any atom is 0.241 e. The fourth-order valence-electron chi connectivity index (χ4n) is 1.06. The van der Waals surface area contributed by atoms with Gasteiger partial charge in [0.05, 0.1) is 8.68 Å². The SMILES string of the molecule is Cc1sc(Br)cc1S(=O)(=O)NCC(C)(C)N. The second-order valence-electron chi connectivity index (χ2n) is 4.28. The number of rotatable bonds is 4. The highest BCUT2D eigenvalue weighted by Crippen LogP contribution is 2.29. The Labute approximate surface area is 108 Å².